The molecule has 16 heavy (non-hydrogen) atoms. The summed E-state index contributed by atoms with van der Waals surface area (Å²) in [6.07, 6.45) is -3.98. The third kappa shape index (κ3) is 2.52. The monoisotopic (exact) mass is 232 g/mol. The molecule has 0 aliphatic carbocycles. The van der Waals surface area contributed by atoms with Crippen LogP contribution >= 0.6 is 0 Å². The molecule has 0 atom stereocenters. The third-order valence-electron chi connectivity index (χ3n) is 1.68. The van der Waals surface area contributed by atoms with Crippen LogP contribution in [0.15, 0.2) is 6.20 Å². The highest BCUT2D eigenvalue weighted by molar-refractivity contribution is 5.58. The van der Waals surface area contributed by atoms with Crippen molar-refractivity contribution in [3.63, 3.8) is 0 Å². The van der Waals surface area contributed by atoms with Gasteiger partial charge in [0, 0.05) is 12.1 Å². The SMILES string of the molecule is N#Cc1ncc(N)c(OC(F)(F)F)c1CN. The maximum absolute atomic E-state index is 12.1. The molecule has 0 aliphatic rings. The Bertz CT molecular complexity index is 438. The average molecular weight is 232 g/mol. The number of halogens is 3. The first-order chi connectivity index (χ1) is 7.39. The van der Waals surface area contributed by atoms with Gasteiger partial charge in [-0.15, -0.1) is 13.2 Å². The number of hydrogen-bond donors (Lipinski definition) is 2. The fourth-order valence-electron chi connectivity index (χ4n) is 1.07. The van der Waals surface area contributed by atoms with E-state index < -0.39 is 12.1 Å². The van der Waals surface area contributed by atoms with Gasteiger partial charge in [-0.05, 0) is 0 Å². The van der Waals surface area contributed by atoms with Gasteiger partial charge in [0.15, 0.2) is 5.75 Å². The van der Waals surface area contributed by atoms with E-state index >= 15 is 0 Å². The number of rotatable bonds is 2. The van der Waals surface area contributed by atoms with Crippen molar-refractivity contribution >= 4 is 5.69 Å². The number of aromatic nitrogens is 1. The molecular weight excluding hydrogens is 225 g/mol. The summed E-state index contributed by atoms with van der Waals surface area (Å²) in [6.45, 7) is -0.327. The lowest BCUT2D eigenvalue weighted by Gasteiger charge is -2.14. The standard InChI is InChI=1S/C8H7F3N4O/c9-8(10,11)16-7-4(1-12)6(2-13)15-3-5(7)14/h3H,1,12,14H2. The Kier molecular flexibility index (Phi) is 3.20. The predicted octanol–water partition coefficient (Wildman–Crippen LogP) is 0.893. The average Bonchev–Trinajstić information content (AvgIpc) is 2.19. The van der Waals surface area contributed by atoms with Gasteiger partial charge in [-0.2, -0.15) is 5.26 Å². The molecule has 0 amide bonds. The molecule has 1 heterocycles. The summed E-state index contributed by atoms with van der Waals surface area (Å²) < 4.78 is 39.9. The highest BCUT2D eigenvalue weighted by atomic mass is 19.4. The number of pyridine rings is 1. The molecule has 86 valence electrons. The van der Waals surface area contributed by atoms with Crippen LogP contribution in [0.5, 0.6) is 5.75 Å². The molecule has 1 aromatic heterocycles. The summed E-state index contributed by atoms with van der Waals surface area (Å²) in [5, 5.41) is 8.62. The molecule has 1 rings (SSSR count). The van der Waals surface area contributed by atoms with Gasteiger partial charge in [-0.3, -0.25) is 0 Å². The number of nitrogen functional groups attached to an aromatic ring is 1. The minimum absolute atomic E-state index is 0.167. The van der Waals surface area contributed by atoms with E-state index in [-0.39, 0.29) is 23.5 Å². The molecule has 4 N–H and O–H groups in total. The van der Waals surface area contributed by atoms with Crippen molar-refractivity contribution in [1.29, 1.82) is 5.26 Å². The van der Waals surface area contributed by atoms with Crippen molar-refractivity contribution < 1.29 is 17.9 Å². The summed E-state index contributed by atoms with van der Waals surface area (Å²) in [4.78, 5) is 3.54. The van der Waals surface area contributed by atoms with Gasteiger partial charge in [0.1, 0.15) is 11.8 Å². The number of ether oxygens (including phenoxy) is 1. The molecule has 1 aromatic rings. The van der Waals surface area contributed by atoms with E-state index in [2.05, 4.69) is 9.72 Å². The van der Waals surface area contributed by atoms with E-state index in [1.807, 2.05) is 0 Å². The molecule has 0 bridgehead atoms. The van der Waals surface area contributed by atoms with Gasteiger partial charge in [-0.1, -0.05) is 0 Å². The van der Waals surface area contributed by atoms with Crippen molar-refractivity contribution in [2.45, 2.75) is 12.9 Å². The summed E-state index contributed by atoms with van der Waals surface area (Å²) >= 11 is 0. The lowest BCUT2D eigenvalue weighted by Crippen LogP contribution is -2.20. The Morgan fingerprint density at radius 3 is 2.56 bits per heavy atom. The van der Waals surface area contributed by atoms with Gasteiger partial charge in [-0.25, -0.2) is 4.98 Å². The molecular formula is C8H7F3N4O. The lowest BCUT2D eigenvalue weighted by molar-refractivity contribution is -0.274. The van der Waals surface area contributed by atoms with Crippen molar-refractivity contribution in [2.24, 2.45) is 5.73 Å². The first-order valence-electron chi connectivity index (χ1n) is 4.02. The summed E-state index contributed by atoms with van der Waals surface area (Å²) in [6, 6.07) is 1.61. The summed E-state index contributed by atoms with van der Waals surface area (Å²) in [5.41, 5.74) is 9.77. The van der Waals surface area contributed by atoms with Crippen molar-refractivity contribution in [3.8, 4) is 11.8 Å². The second-order valence-electron chi connectivity index (χ2n) is 2.73. The first kappa shape index (κ1) is 12.1. The van der Waals surface area contributed by atoms with Crippen LogP contribution in [0.3, 0.4) is 0 Å². The fourth-order valence-corrected chi connectivity index (χ4v) is 1.07. The Morgan fingerprint density at radius 2 is 2.12 bits per heavy atom. The molecule has 8 heteroatoms. The minimum atomic E-state index is -4.90. The van der Waals surface area contributed by atoms with Crippen molar-refractivity contribution in [1.82, 2.24) is 4.98 Å². The van der Waals surface area contributed by atoms with Crippen LogP contribution in [-0.2, 0) is 6.54 Å². The first-order valence-corrected chi connectivity index (χ1v) is 4.02. The zero-order valence-corrected chi connectivity index (χ0v) is 7.88. The van der Waals surface area contributed by atoms with Crippen molar-refractivity contribution in [3.05, 3.63) is 17.5 Å². The minimum Gasteiger partial charge on any atom is -0.403 e. The smallest absolute Gasteiger partial charge is 0.403 e. The molecule has 0 fully saturated rings. The van der Waals surface area contributed by atoms with Crippen LogP contribution in [0.4, 0.5) is 18.9 Å². The van der Waals surface area contributed by atoms with E-state index in [0.29, 0.717) is 0 Å². The second kappa shape index (κ2) is 4.24. The molecule has 5 nitrogen and oxygen atoms in total. The molecule has 0 unspecified atom stereocenters. The molecule has 0 aromatic carbocycles. The summed E-state index contributed by atoms with van der Waals surface area (Å²) in [7, 11) is 0. The van der Waals surface area contributed by atoms with E-state index in [0.717, 1.165) is 6.20 Å². The van der Waals surface area contributed by atoms with Crippen LogP contribution in [0.25, 0.3) is 0 Å². The van der Waals surface area contributed by atoms with E-state index in [4.69, 9.17) is 16.7 Å². The Hall–Kier alpha value is -2.01. The molecule has 0 aliphatic heterocycles. The number of anilines is 1. The van der Waals surface area contributed by atoms with E-state index in [9.17, 15) is 13.2 Å². The number of nitriles is 1. The highest BCUT2D eigenvalue weighted by Gasteiger charge is 2.33. The van der Waals surface area contributed by atoms with Gasteiger partial charge < -0.3 is 16.2 Å². The van der Waals surface area contributed by atoms with E-state index in [1.165, 1.54) is 0 Å². The maximum atomic E-state index is 12.1. The molecule has 0 radical (unpaired) electrons. The molecule has 0 saturated heterocycles. The topological polar surface area (TPSA) is 98.0 Å². The number of alkyl halides is 3. The van der Waals surface area contributed by atoms with Gasteiger partial charge in [0.25, 0.3) is 0 Å². The van der Waals surface area contributed by atoms with Crippen LogP contribution in [0.2, 0.25) is 0 Å². The zero-order valence-electron chi connectivity index (χ0n) is 7.88. The third-order valence-corrected chi connectivity index (χ3v) is 1.68. The largest absolute Gasteiger partial charge is 0.573 e. The molecule has 0 saturated carbocycles. The Balaban J connectivity index is 3.30. The van der Waals surface area contributed by atoms with Crippen LogP contribution in [0, 0.1) is 11.3 Å². The van der Waals surface area contributed by atoms with Crippen molar-refractivity contribution in [2.75, 3.05) is 5.73 Å². The predicted molar refractivity (Wildman–Crippen MR) is 47.9 cm³/mol. The van der Waals surface area contributed by atoms with Crippen LogP contribution in [-0.4, -0.2) is 11.3 Å². The van der Waals surface area contributed by atoms with Crippen LogP contribution < -0.4 is 16.2 Å². The number of nitrogens with zero attached hydrogens (tertiary/aromatic N) is 2. The molecule has 0 spiro atoms. The van der Waals surface area contributed by atoms with Crippen LogP contribution in [0.1, 0.15) is 11.3 Å². The second-order valence-corrected chi connectivity index (χ2v) is 2.73. The lowest BCUT2D eigenvalue weighted by atomic mass is 10.1. The van der Waals surface area contributed by atoms with E-state index in [1.54, 1.807) is 6.07 Å². The highest BCUT2D eigenvalue weighted by Crippen LogP contribution is 2.32. The Labute approximate surface area is 88.4 Å². The normalized spacial score (nSPS) is 10.9. The van der Waals surface area contributed by atoms with Gasteiger partial charge >= 0.3 is 6.36 Å². The number of hydrogen-bond acceptors (Lipinski definition) is 5. The maximum Gasteiger partial charge on any atom is 0.573 e. The van der Waals surface area contributed by atoms with Gasteiger partial charge in [0.2, 0.25) is 0 Å². The number of nitrogens with two attached hydrogens (primary N) is 2. The van der Waals surface area contributed by atoms with Gasteiger partial charge in [0.05, 0.1) is 11.9 Å². The zero-order chi connectivity index (χ0) is 12.3. The fraction of sp³-hybridized carbons (Fsp3) is 0.250. The Morgan fingerprint density at radius 1 is 1.50 bits per heavy atom. The summed E-state index contributed by atoms with van der Waals surface area (Å²) in [5.74, 6) is -0.665. The quantitative estimate of drug-likeness (QED) is 0.789.